The first-order valence-corrected chi connectivity index (χ1v) is 14.7. The van der Waals surface area contributed by atoms with Gasteiger partial charge >= 0.3 is 0 Å². The van der Waals surface area contributed by atoms with Gasteiger partial charge in [0.2, 0.25) is 5.91 Å². The number of thiazole rings is 1. The lowest BCUT2D eigenvalue weighted by Crippen LogP contribution is -2.82. The van der Waals surface area contributed by atoms with Gasteiger partial charge in [-0.15, -0.1) is 11.3 Å². The zero-order valence-corrected chi connectivity index (χ0v) is 21.6. The molecule has 3 heterocycles. The monoisotopic (exact) mass is 496 g/mol. The Morgan fingerprint density at radius 1 is 1.14 bits per heavy atom. The van der Waals surface area contributed by atoms with Gasteiger partial charge in [-0.2, -0.15) is 0 Å². The number of nitrogens with zero attached hydrogens (tertiary/aromatic N) is 2. The summed E-state index contributed by atoms with van der Waals surface area (Å²) in [5.41, 5.74) is 2.36. The van der Waals surface area contributed by atoms with Crippen LogP contribution in [0.3, 0.4) is 0 Å². The Kier molecular flexibility index (Phi) is 6.70. The molecule has 35 heavy (non-hydrogen) atoms. The molecule has 6 rings (SSSR count). The van der Waals surface area contributed by atoms with E-state index in [0.29, 0.717) is 28.8 Å². The Bertz CT molecular complexity index is 1040. The van der Waals surface area contributed by atoms with Crippen molar-refractivity contribution in [3.63, 3.8) is 0 Å². The molecule has 2 N–H and O–H groups in total. The van der Waals surface area contributed by atoms with Crippen molar-refractivity contribution < 1.29 is 14.5 Å². The summed E-state index contributed by atoms with van der Waals surface area (Å²) in [5, 5.41) is 2.94. The van der Waals surface area contributed by atoms with E-state index in [1.54, 1.807) is 11.3 Å². The number of quaternary nitrogens is 1. The van der Waals surface area contributed by atoms with Crippen molar-refractivity contribution in [2.75, 3.05) is 19.6 Å². The number of hydrogen-bond donors (Lipinski definition) is 1. The topological polar surface area (TPSA) is 49.8 Å². The largest absolute Gasteiger partial charge is 0.345 e. The number of aryl methyl sites for hydroxylation is 1. The van der Waals surface area contributed by atoms with Gasteiger partial charge in [0.15, 0.2) is 0 Å². The van der Waals surface area contributed by atoms with Crippen LogP contribution >= 0.6 is 11.3 Å². The van der Waals surface area contributed by atoms with Gasteiger partial charge in [-0.05, 0) is 62.3 Å². The van der Waals surface area contributed by atoms with Crippen LogP contribution < -0.4 is 5.32 Å². The quantitative estimate of drug-likeness (QED) is 0.665. The fourth-order valence-corrected chi connectivity index (χ4v) is 9.15. The van der Waals surface area contributed by atoms with Crippen molar-refractivity contribution in [3.05, 3.63) is 51.5 Å². The fraction of sp³-hybridized carbons (Fsp3) is 0.655. The number of carbonyl (C=O) groups excluding carboxylic acids is 1. The van der Waals surface area contributed by atoms with Crippen LogP contribution in [0.25, 0.3) is 0 Å². The van der Waals surface area contributed by atoms with Crippen molar-refractivity contribution in [2.45, 2.75) is 88.3 Å². The van der Waals surface area contributed by atoms with Crippen LogP contribution in [-0.4, -0.2) is 41.5 Å². The zero-order chi connectivity index (χ0) is 23.8. The number of likely N-dealkylation sites (tertiary alicyclic amines) is 1. The predicted molar refractivity (Wildman–Crippen MR) is 137 cm³/mol. The Balaban J connectivity index is 1.30. The van der Waals surface area contributed by atoms with Gasteiger partial charge in [0.1, 0.15) is 17.6 Å². The number of fused-ring (bicyclic) bond motifs is 2. The molecule has 1 saturated carbocycles. The van der Waals surface area contributed by atoms with Gasteiger partial charge in [0.25, 0.3) is 0 Å². The van der Waals surface area contributed by atoms with Gasteiger partial charge in [0, 0.05) is 17.5 Å². The number of carbonyl (C=O) groups is 1. The second-order valence-electron chi connectivity index (χ2n) is 11.4. The maximum atomic E-state index is 14.5. The summed E-state index contributed by atoms with van der Waals surface area (Å²) >= 11 is 1.55. The molecule has 4 aliphatic rings. The molecular weight excluding hydrogens is 457 g/mol. The van der Waals surface area contributed by atoms with E-state index in [-0.39, 0.29) is 11.3 Å². The van der Waals surface area contributed by atoms with Crippen molar-refractivity contribution >= 4 is 17.2 Å². The number of alkyl halides is 1. The molecule has 0 bridgehead atoms. The van der Waals surface area contributed by atoms with Gasteiger partial charge in [-0.25, -0.2) is 9.37 Å². The molecule has 2 saturated heterocycles. The standard InChI is InChI=1S/C29H38FN3OS/c30-17-26-32-24-12-7-14-29(27(24)35-26)19-31-18-23(29)28(34)33-15-13-22(20-8-3-1-4-9-20)16-25(33)21-10-5-2-6-11-21/h1,3-4,8-9,21-23,25,31H,2,5-7,10-19H2/p+1/t22-,23?,25+,29-/m1/s1. The summed E-state index contributed by atoms with van der Waals surface area (Å²) in [6.07, 6.45) is 11.6. The summed E-state index contributed by atoms with van der Waals surface area (Å²) in [7, 11) is 0. The van der Waals surface area contributed by atoms with Crippen molar-refractivity contribution in [3.8, 4) is 0 Å². The summed E-state index contributed by atoms with van der Waals surface area (Å²) in [6, 6.07) is 11.3. The molecule has 2 aliphatic carbocycles. The molecule has 4 nitrogen and oxygen atoms in total. The summed E-state index contributed by atoms with van der Waals surface area (Å²) < 4.78 is 13.5. The van der Waals surface area contributed by atoms with E-state index in [4.69, 9.17) is 0 Å². The SMILES string of the molecule is O=C(C1C[NH2+]C[C@]12CCCc1nc(CF)sc12)N1CC[C@@H](c2ccccc2)C[C@H]1C1CCCCC1. The van der Waals surface area contributed by atoms with Crippen LogP contribution in [-0.2, 0) is 23.3 Å². The number of benzene rings is 1. The number of amides is 1. The highest BCUT2D eigenvalue weighted by molar-refractivity contribution is 7.12. The van der Waals surface area contributed by atoms with Crippen LogP contribution in [0.4, 0.5) is 4.39 Å². The van der Waals surface area contributed by atoms with E-state index < -0.39 is 6.67 Å². The molecule has 6 heteroatoms. The molecule has 1 amide bonds. The molecule has 2 aliphatic heterocycles. The first kappa shape index (κ1) is 23.6. The Morgan fingerprint density at radius 3 is 2.77 bits per heavy atom. The van der Waals surface area contributed by atoms with E-state index in [1.807, 2.05) is 0 Å². The highest BCUT2D eigenvalue weighted by Crippen LogP contribution is 2.48. The first-order valence-electron chi connectivity index (χ1n) is 13.9. The van der Waals surface area contributed by atoms with E-state index in [1.165, 1.54) is 42.5 Å². The number of aromatic nitrogens is 1. The second-order valence-corrected chi connectivity index (χ2v) is 12.5. The van der Waals surface area contributed by atoms with Crippen LogP contribution in [0.1, 0.15) is 84.8 Å². The number of rotatable bonds is 4. The summed E-state index contributed by atoms with van der Waals surface area (Å²) in [5.74, 6) is 1.55. The van der Waals surface area contributed by atoms with Crippen LogP contribution in [0.15, 0.2) is 30.3 Å². The van der Waals surface area contributed by atoms with E-state index in [9.17, 15) is 9.18 Å². The predicted octanol–water partition coefficient (Wildman–Crippen LogP) is 4.74. The van der Waals surface area contributed by atoms with Gasteiger partial charge < -0.3 is 10.2 Å². The highest BCUT2D eigenvalue weighted by atomic mass is 32.1. The fourth-order valence-electron chi connectivity index (χ4n) is 7.91. The lowest BCUT2D eigenvalue weighted by molar-refractivity contribution is -0.640. The highest BCUT2D eigenvalue weighted by Gasteiger charge is 2.56. The van der Waals surface area contributed by atoms with Crippen LogP contribution in [0.2, 0.25) is 0 Å². The normalized spacial score (nSPS) is 31.6. The Hall–Kier alpha value is -1.79. The maximum Gasteiger partial charge on any atom is 0.232 e. The molecule has 0 radical (unpaired) electrons. The maximum absolute atomic E-state index is 14.5. The smallest absolute Gasteiger partial charge is 0.232 e. The van der Waals surface area contributed by atoms with E-state index in [2.05, 4.69) is 45.5 Å². The summed E-state index contributed by atoms with van der Waals surface area (Å²) in [6.45, 7) is 2.18. The number of hydrogen-bond acceptors (Lipinski definition) is 3. The molecule has 1 spiro atoms. The van der Waals surface area contributed by atoms with Crippen molar-refractivity contribution in [1.29, 1.82) is 0 Å². The van der Waals surface area contributed by atoms with Crippen molar-refractivity contribution in [2.24, 2.45) is 11.8 Å². The molecule has 2 aromatic rings. The first-order chi connectivity index (χ1) is 17.2. The minimum absolute atomic E-state index is 0.00572. The number of halogens is 1. The zero-order valence-electron chi connectivity index (χ0n) is 20.8. The molecule has 1 unspecified atom stereocenters. The van der Waals surface area contributed by atoms with E-state index >= 15 is 0 Å². The minimum atomic E-state index is -0.493. The van der Waals surface area contributed by atoms with E-state index in [0.717, 1.165) is 57.4 Å². The molecule has 3 fully saturated rings. The third-order valence-electron chi connectivity index (χ3n) is 9.61. The van der Waals surface area contributed by atoms with Gasteiger partial charge in [-0.3, -0.25) is 4.79 Å². The van der Waals surface area contributed by atoms with Gasteiger partial charge in [-0.1, -0.05) is 49.6 Å². The van der Waals surface area contributed by atoms with Crippen molar-refractivity contribution in [1.82, 2.24) is 9.88 Å². The van der Waals surface area contributed by atoms with Gasteiger partial charge in [0.05, 0.1) is 24.2 Å². The Morgan fingerprint density at radius 2 is 1.97 bits per heavy atom. The average molecular weight is 497 g/mol. The molecule has 4 atom stereocenters. The molecule has 188 valence electrons. The third kappa shape index (κ3) is 4.25. The minimum Gasteiger partial charge on any atom is -0.345 e. The molecule has 1 aromatic heterocycles. The van der Waals surface area contributed by atoms with Crippen LogP contribution in [0.5, 0.6) is 0 Å². The molecule has 1 aromatic carbocycles. The Labute approximate surface area is 212 Å². The summed E-state index contributed by atoms with van der Waals surface area (Å²) in [4.78, 5) is 22.7. The lowest BCUT2D eigenvalue weighted by Gasteiger charge is -2.47. The number of nitrogens with two attached hydrogens (primary N) is 1. The lowest BCUT2D eigenvalue weighted by atomic mass is 9.68. The second kappa shape index (κ2) is 9.93. The average Bonchev–Trinajstić information content (AvgIpc) is 3.54. The van der Waals surface area contributed by atoms with Crippen LogP contribution in [0, 0.1) is 11.8 Å². The molecular formula is C29H39FN3OS+. The third-order valence-corrected chi connectivity index (χ3v) is 10.9. The number of piperidine rings is 1.